The molecule has 132 valence electrons. The van der Waals surface area contributed by atoms with Crippen LogP contribution in [0.5, 0.6) is 5.75 Å². The highest BCUT2D eigenvalue weighted by Gasteiger charge is 2.37. The molecule has 0 saturated carbocycles. The van der Waals surface area contributed by atoms with Gasteiger partial charge in [0.05, 0.1) is 6.54 Å². The zero-order valence-corrected chi connectivity index (χ0v) is 14.1. The third kappa shape index (κ3) is 3.13. The molecule has 1 atom stereocenters. The molecule has 2 heterocycles. The lowest BCUT2D eigenvalue weighted by molar-refractivity contribution is -0.127. The van der Waals surface area contributed by atoms with E-state index >= 15 is 0 Å². The summed E-state index contributed by atoms with van der Waals surface area (Å²) < 4.78 is 5.58. The minimum Gasteiger partial charge on any atom is -0.492 e. The van der Waals surface area contributed by atoms with E-state index in [0.717, 1.165) is 22.2 Å². The molecule has 3 aromatic rings. The molecule has 1 aromatic heterocycles. The molecule has 1 aliphatic heterocycles. The number of para-hydroxylation sites is 2. The minimum atomic E-state index is -0.543. The van der Waals surface area contributed by atoms with Gasteiger partial charge in [0.2, 0.25) is 0 Å². The van der Waals surface area contributed by atoms with Gasteiger partial charge in [0.1, 0.15) is 18.4 Å². The van der Waals surface area contributed by atoms with Gasteiger partial charge in [0, 0.05) is 23.5 Å². The maximum absolute atomic E-state index is 12.6. The van der Waals surface area contributed by atoms with Crippen LogP contribution in [-0.2, 0) is 11.2 Å². The predicted molar refractivity (Wildman–Crippen MR) is 98.0 cm³/mol. The van der Waals surface area contributed by atoms with Crippen LogP contribution in [0.2, 0.25) is 0 Å². The molecule has 0 radical (unpaired) electrons. The molecule has 1 fully saturated rings. The monoisotopic (exact) mass is 349 g/mol. The fourth-order valence-corrected chi connectivity index (χ4v) is 3.22. The molecule has 2 aromatic carbocycles. The lowest BCUT2D eigenvalue weighted by atomic mass is 10.1. The zero-order valence-electron chi connectivity index (χ0n) is 14.1. The van der Waals surface area contributed by atoms with E-state index in [9.17, 15) is 9.59 Å². The third-order valence-corrected chi connectivity index (χ3v) is 4.53. The second-order valence-corrected chi connectivity index (χ2v) is 6.22. The number of H-pyrrole nitrogens is 1. The number of aromatic nitrogens is 1. The molecule has 1 saturated heterocycles. The molecule has 0 spiro atoms. The van der Waals surface area contributed by atoms with Crippen LogP contribution in [0.15, 0.2) is 60.8 Å². The topological polar surface area (TPSA) is 74.4 Å². The van der Waals surface area contributed by atoms with Crippen LogP contribution in [-0.4, -0.2) is 41.0 Å². The Balaban J connectivity index is 1.39. The number of benzene rings is 2. The normalized spacial score (nSPS) is 16.9. The highest BCUT2D eigenvalue weighted by Crippen LogP contribution is 2.21. The van der Waals surface area contributed by atoms with E-state index in [-0.39, 0.29) is 25.1 Å². The SMILES string of the molecule is O=C1N[C@@H](Cc2c[nH]c3ccccc23)C(=O)N1CCOc1ccccc1. The molecular formula is C20H19N3O3. The second kappa shape index (κ2) is 6.92. The van der Waals surface area contributed by atoms with Crippen LogP contribution >= 0.6 is 0 Å². The third-order valence-electron chi connectivity index (χ3n) is 4.53. The van der Waals surface area contributed by atoms with Gasteiger partial charge in [0.15, 0.2) is 0 Å². The van der Waals surface area contributed by atoms with E-state index in [2.05, 4.69) is 10.3 Å². The number of carbonyl (C=O) groups excluding carboxylic acids is 2. The summed E-state index contributed by atoms with van der Waals surface area (Å²) in [7, 11) is 0. The lowest BCUT2D eigenvalue weighted by Crippen LogP contribution is -2.35. The highest BCUT2D eigenvalue weighted by atomic mass is 16.5. The number of urea groups is 1. The predicted octanol–water partition coefficient (Wildman–Crippen LogP) is 2.71. The van der Waals surface area contributed by atoms with E-state index in [0.29, 0.717) is 6.42 Å². The van der Waals surface area contributed by atoms with Crippen LogP contribution in [0.3, 0.4) is 0 Å². The van der Waals surface area contributed by atoms with Gasteiger partial charge < -0.3 is 15.0 Å². The van der Waals surface area contributed by atoms with Crippen LogP contribution in [0, 0.1) is 0 Å². The smallest absolute Gasteiger partial charge is 0.324 e. The first-order valence-corrected chi connectivity index (χ1v) is 8.57. The molecule has 6 heteroatoms. The highest BCUT2D eigenvalue weighted by molar-refractivity contribution is 6.04. The molecule has 4 rings (SSSR count). The molecular weight excluding hydrogens is 330 g/mol. The minimum absolute atomic E-state index is 0.211. The van der Waals surface area contributed by atoms with E-state index in [4.69, 9.17) is 4.74 Å². The van der Waals surface area contributed by atoms with Crippen molar-refractivity contribution in [3.05, 3.63) is 66.4 Å². The standard InChI is InChI=1S/C20H19N3O3/c24-19-18(12-14-13-21-17-9-5-4-8-16(14)17)22-20(25)23(19)10-11-26-15-6-2-1-3-7-15/h1-9,13,18,21H,10-12H2,(H,22,25)/t18-/m0/s1. The molecule has 2 N–H and O–H groups in total. The Morgan fingerprint density at radius 3 is 2.62 bits per heavy atom. The Labute approximate surface area is 150 Å². The maximum atomic E-state index is 12.6. The fraction of sp³-hybridized carbons (Fsp3) is 0.200. The number of hydrogen-bond donors (Lipinski definition) is 2. The maximum Gasteiger partial charge on any atom is 0.324 e. The van der Waals surface area contributed by atoms with Gasteiger partial charge in [-0.3, -0.25) is 9.69 Å². The number of nitrogens with one attached hydrogen (secondary N) is 2. The van der Waals surface area contributed by atoms with Gasteiger partial charge in [-0.15, -0.1) is 0 Å². The molecule has 1 aliphatic rings. The summed E-state index contributed by atoms with van der Waals surface area (Å²) in [5, 5.41) is 3.84. The van der Waals surface area contributed by atoms with Crippen molar-refractivity contribution in [1.29, 1.82) is 0 Å². The number of ether oxygens (including phenoxy) is 1. The summed E-state index contributed by atoms with van der Waals surface area (Å²) >= 11 is 0. The quantitative estimate of drug-likeness (QED) is 0.672. The molecule has 6 nitrogen and oxygen atoms in total. The molecule has 0 aliphatic carbocycles. The van der Waals surface area contributed by atoms with E-state index in [1.807, 2.05) is 60.8 Å². The van der Waals surface area contributed by atoms with Crippen LogP contribution in [0.25, 0.3) is 10.9 Å². The Morgan fingerprint density at radius 1 is 1.00 bits per heavy atom. The van der Waals surface area contributed by atoms with Gasteiger partial charge in [0.25, 0.3) is 5.91 Å². The van der Waals surface area contributed by atoms with Crippen molar-refractivity contribution in [2.24, 2.45) is 0 Å². The summed E-state index contributed by atoms with van der Waals surface area (Å²) in [6.07, 6.45) is 2.36. The summed E-state index contributed by atoms with van der Waals surface area (Å²) in [6, 6.07) is 16.3. The number of amides is 3. The Hall–Kier alpha value is -3.28. The number of nitrogens with zero attached hydrogens (tertiary/aromatic N) is 1. The van der Waals surface area contributed by atoms with Crippen molar-refractivity contribution < 1.29 is 14.3 Å². The average molecular weight is 349 g/mol. The summed E-state index contributed by atoms with van der Waals surface area (Å²) in [6.45, 7) is 0.493. The van der Waals surface area contributed by atoms with Crippen molar-refractivity contribution in [2.45, 2.75) is 12.5 Å². The van der Waals surface area contributed by atoms with E-state index in [1.54, 1.807) is 0 Å². The average Bonchev–Trinajstić information content (AvgIpc) is 3.19. The van der Waals surface area contributed by atoms with Crippen molar-refractivity contribution in [3.63, 3.8) is 0 Å². The van der Waals surface area contributed by atoms with Gasteiger partial charge in [-0.05, 0) is 23.8 Å². The van der Waals surface area contributed by atoms with E-state index in [1.165, 1.54) is 4.90 Å². The Bertz CT molecular complexity index is 936. The number of aromatic amines is 1. The van der Waals surface area contributed by atoms with Crippen molar-refractivity contribution in [3.8, 4) is 5.75 Å². The molecule has 0 unspecified atom stereocenters. The van der Waals surface area contributed by atoms with Gasteiger partial charge in [-0.25, -0.2) is 4.79 Å². The van der Waals surface area contributed by atoms with Gasteiger partial charge >= 0.3 is 6.03 Å². The number of imide groups is 1. The van der Waals surface area contributed by atoms with E-state index < -0.39 is 6.04 Å². The van der Waals surface area contributed by atoms with Crippen molar-refractivity contribution >= 4 is 22.8 Å². The van der Waals surface area contributed by atoms with Gasteiger partial charge in [-0.1, -0.05) is 36.4 Å². The molecule has 3 amide bonds. The van der Waals surface area contributed by atoms with Crippen LogP contribution in [0.4, 0.5) is 4.79 Å². The Morgan fingerprint density at radius 2 is 1.77 bits per heavy atom. The summed E-state index contributed by atoms with van der Waals surface area (Å²) in [4.78, 5) is 29.2. The van der Waals surface area contributed by atoms with Gasteiger partial charge in [-0.2, -0.15) is 0 Å². The zero-order chi connectivity index (χ0) is 17.9. The number of carbonyl (C=O) groups is 2. The fourth-order valence-electron chi connectivity index (χ4n) is 3.22. The largest absolute Gasteiger partial charge is 0.492 e. The number of hydrogen-bond acceptors (Lipinski definition) is 3. The molecule has 26 heavy (non-hydrogen) atoms. The first kappa shape index (κ1) is 16.2. The van der Waals surface area contributed by atoms with Crippen LogP contribution < -0.4 is 10.1 Å². The first-order chi connectivity index (χ1) is 12.7. The van der Waals surface area contributed by atoms with Crippen molar-refractivity contribution in [2.75, 3.05) is 13.2 Å². The van der Waals surface area contributed by atoms with Crippen molar-refractivity contribution in [1.82, 2.24) is 15.2 Å². The lowest BCUT2D eigenvalue weighted by Gasteiger charge is -2.13. The number of fused-ring (bicyclic) bond motifs is 1. The summed E-state index contributed by atoms with van der Waals surface area (Å²) in [5.41, 5.74) is 2.04. The van der Waals surface area contributed by atoms with Crippen LogP contribution in [0.1, 0.15) is 5.56 Å². The molecule has 0 bridgehead atoms. The summed E-state index contributed by atoms with van der Waals surface area (Å²) in [5.74, 6) is 0.506. The Kier molecular flexibility index (Phi) is 4.31. The second-order valence-electron chi connectivity index (χ2n) is 6.22. The number of rotatable bonds is 6. The first-order valence-electron chi connectivity index (χ1n) is 8.57.